The largest absolute Gasteiger partial charge is 0.497 e. The van der Waals surface area contributed by atoms with Crippen molar-refractivity contribution in [3.63, 3.8) is 0 Å². The Bertz CT molecular complexity index is 782. The van der Waals surface area contributed by atoms with Crippen LogP contribution in [0, 0.1) is 0 Å². The number of carbonyl (C=O) groups is 1. The smallest absolute Gasteiger partial charge is 0.319 e. The van der Waals surface area contributed by atoms with Gasteiger partial charge in [-0.2, -0.15) is 0 Å². The van der Waals surface area contributed by atoms with Gasteiger partial charge in [0, 0.05) is 12.1 Å². The molecule has 0 saturated heterocycles. The first-order valence-corrected chi connectivity index (χ1v) is 8.18. The summed E-state index contributed by atoms with van der Waals surface area (Å²) >= 11 is 6.22. The van der Waals surface area contributed by atoms with Crippen LogP contribution in [0.2, 0.25) is 5.02 Å². The number of rotatable bonds is 4. The molecule has 1 heterocycles. The molecule has 0 fully saturated rings. The zero-order valence-electron chi connectivity index (χ0n) is 14.0. The fraction of sp³-hybridized carbons (Fsp3) is 0.278. The summed E-state index contributed by atoms with van der Waals surface area (Å²) in [4.78, 5) is 12.3. The molecule has 25 heavy (non-hydrogen) atoms. The molecule has 0 bridgehead atoms. The number of halogens is 1. The Morgan fingerprint density at radius 1 is 1.24 bits per heavy atom. The number of urea groups is 1. The van der Waals surface area contributed by atoms with E-state index < -0.39 is 0 Å². The third-order valence-corrected chi connectivity index (χ3v) is 4.23. The van der Waals surface area contributed by atoms with Crippen LogP contribution in [-0.2, 0) is 6.42 Å². The normalized spacial score (nSPS) is 15.6. The maximum atomic E-state index is 12.3. The van der Waals surface area contributed by atoms with Crippen LogP contribution >= 0.6 is 11.6 Å². The fourth-order valence-electron chi connectivity index (χ4n) is 2.71. The molecule has 1 aliphatic rings. The molecule has 6 nitrogen and oxygen atoms in total. The van der Waals surface area contributed by atoms with Crippen LogP contribution in [0.4, 0.5) is 10.5 Å². The maximum Gasteiger partial charge on any atom is 0.319 e. The Morgan fingerprint density at radius 3 is 2.80 bits per heavy atom. The molecule has 7 heteroatoms. The van der Waals surface area contributed by atoms with Crippen LogP contribution < -0.4 is 24.8 Å². The molecule has 2 amide bonds. The van der Waals surface area contributed by atoms with Gasteiger partial charge >= 0.3 is 6.03 Å². The average Bonchev–Trinajstić information content (AvgIpc) is 2.63. The van der Waals surface area contributed by atoms with Crippen LogP contribution in [0.5, 0.6) is 17.2 Å². The number of methoxy groups -OCH3 is 2. The molecule has 2 N–H and O–H groups in total. The zero-order chi connectivity index (χ0) is 17.8. The fourth-order valence-corrected chi connectivity index (χ4v) is 2.96. The second-order valence-electron chi connectivity index (χ2n) is 5.60. The van der Waals surface area contributed by atoms with Gasteiger partial charge in [0.2, 0.25) is 0 Å². The van der Waals surface area contributed by atoms with Crippen LogP contribution in [0.25, 0.3) is 0 Å². The first-order chi connectivity index (χ1) is 12.1. The van der Waals surface area contributed by atoms with E-state index in [1.165, 1.54) is 14.2 Å². The number of hydrogen-bond acceptors (Lipinski definition) is 4. The number of benzene rings is 2. The standard InChI is InChI=1S/C18H19ClN2O4/c1-23-13-8-14(19)17(16(9-13)24-2)21-18(22)20-12-7-11-5-3-4-6-15(11)25-10-12/h3-6,8-9,12H,7,10H2,1-2H3,(H2,20,21,22). The number of para-hydroxylation sites is 1. The number of carbonyl (C=O) groups excluding carboxylic acids is 1. The van der Waals surface area contributed by atoms with E-state index in [2.05, 4.69) is 10.6 Å². The highest BCUT2D eigenvalue weighted by molar-refractivity contribution is 6.34. The van der Waals surface area contributed by atoms with Crippen molar-refractivity contribution in [2.45, 2.75) is 12.5 Å². The topological polar surface area (TPSA) is 68.8 Å². The Kier molecular flexibility index (Phi) is 5.19. The summed E-state index contributed by atoms with van der Waals surface area (Å²) in [7, 11) is 3.03. The molecular formula is C18H19ClN2O4. The van der Waals surface area contributed by atoms with Gasteiger partial charge in [-0.25, -0.2) is 4.79 Å². The molecule has 1 aliphatic heterocycles. The van der Waals surface area contributed by atoms with Crippen molar-refractivity contribution in [3.8, 4) is 17.2 Å². The van der Waals surface area contributed by atoms with Gasteiger partial charge in [-0.1, -0.05) is 29.8 Å². The molecule has 0 aromatic heterocycles. The van der Waals surface area contributed by atoms with Crippen molar-refractivity contribution in [1.29, 1.82) is 0 Å². The van der Waals surface area contributed by atoms with Gasteiger partial charge in [-0.15, -0.1) is 0 Å². The van der Waals surface area contributed by atoms with Gasteiger partial charge in [0.05, 0.1) is 25.3 Å². The van der Waals surface area contributed by atoms with Gasteiger partial charge in [-0.3, -0.25) is 0 Å². The molecule has 0 saturated carbocycles. The second kappa shape index (κ2) is 7.53. The zero-order valence-corrected chi connectivity index (χ0v) is 14.7. The number of nitrogens with one attached hydrogen (secondary N) is 2. The predicted octanol–water partition coefficient (Wildman–Crippen LogP) is 3.48. The lowest BCUT2D eigenvalue weighted by Gasteiger charge is -2.26. The molecule has 1 atom stereocenters. The maximum absolute atomic E-state index is 12.3. The first kappa shape index (κ1) is 17.2. The highest BCUT2D eigenvalue weighted by Gasteiger charge is 2.22. The summed E-state index contributed by atoms with van der Waals surface area (Å²) in [5, 5.41) is 5.96. The molecule has 132 valence electrons. The second-order valence-corrected chi connectivity index (χ2v) is 6.01. The summed E-state index contributed by atoms with van der Waals surface area (Å²) in [5.74, 6) is 1.83. The average molecular weight is 363 g/mol. The van der Waals surface area contributed by atoms with Crippen LogP contribution in [-0.4, -0.2) is 32.9 Å². The van der Waals surface area contributed by atoms with E-state index in [1.54, 1.807) is 12.1 Å². The quantitative estimate of drug-likeness (QED) is 0.873. The van der Waals surface area contributed by atoms with Crippen molar-refractivity contribution >= 4 is 23.3 Å². The minimum atomic E-state index is -0.377. The van der Waals surface area contributed by atoms with E-state index in [1.807, 2.05) is 24.3 Å². The van der Waals surface area contributed by atoms with Crippen molar-refractivity contribution in [1.82, 2.24) is 5.32 Å². The highest BCUT2D eigenvalue weighted by Crippen LogP contribution is 2.36. The van der Waals surface area contributed by atoms with Crippen molar-refractivity contribution in [2.75, 3.05) is 26.1 Å². The van der Waals surface area contributed by atoms with Gasteiger partial charge in [0.15, 0.2) is 0 Å². The lowest BCUT2D eigenvalue weighted by molar-refractivity contribution is 0.222. The van der Waals surface area contributed by atoms with Gasteiger partial charge < -0.3 is 24.8 Å². The molecule has 2 aromatic carbocycles. The van der Waals surface area contributed by atoms with E-state index in [4.69, 9.17) is 25.8 Å². The predicted molar refractivity (Wildman–Crippen MR) is 96.1 cm³/mol. The van der Waals surface area contributed by atoms with E-state index in [9.17, 15) is 4.79 Å². The minimum absolute atomic E-state index is 0.127. The monoisotopic (exact) mass is 362 g/mol. The van der Waals surface area contributed by atoms with Gasteiger partial charge in [0.25, 0.3) is 0 Å². The van der Waals surface area contributed by atoms with Crippen molar-refractivity contribution in [2.24, 2.45) is 0 Å². The van der Waals surface area contributed by atoms with E-state index >= 15 is 0 Å². The molecule has 3 rings (SSSR count). The summed E-state index contributed by atoms with van der Waals surface area (Å²) in [5.41, 5.74) is 1.46. The minimum Gasteiger partial charge on any atom is -0.497 e. The SMILES string of the molecule is COc1cc(Cl)c(NC(=O)NC2COc3ccccc3C2)c(OC)c1. The van der Waals surface area contributed by atoms with E-state index in [0.717, 1.165) is 11.3 Å². The number of ether oxygens (including phenoxy) is 3. The Morgan fingerprint density at radius 2 is 2.04 bits per heavy atom. The van der Waals surface area contributed by atoms with Crippen LogP contribution in [0.1, 0.15) is 5.56 Å². The third-order valence-electron chi connectivity index (χ3n) is 3.94. The van der Waals surface area contributed by atoms with E-state index in [0.29, 0.717) is 35.2 Å². The van der Waals surface area contributed by atoms with Crippen molar-refractivity contribution in [3.05, 3.63) is 47.0 Å². The molecule has 1 unspecified atom stereocenters. The molecule has 0 aliphatic carbocycles. The van der Waals surface area contributed by atoms with Gasteiger partial charge in [0.1, 0.15) is 29.5 Å². The number of fused-ring (bicyclic) bond motifs is 1. The Balaban J connectivity index is 1.68. The lowest BCUT2D eigenvalue weighted by atomic mass is 10.0. The summed E-state index contributed by atoms with van der Waals surface area (Å²) in [6, 6.07) is 10.6. The molecule has 2 aromatic rings. The summed E-state index contributed by atoms with van der Waals surface area (Å²) in [6.07, 6.45) is 0.705. The molecular weight excluding hydrogens is 344 g/mol. The summed E-state index contributed by atoms with van der Waals surface area (Å²) < 4.78 is 16.1. The number of hydrogen-bond donors (Lipinski definition) is 2. The molecule has 0 spiro atoms. The Labute approximate surface area is 151 Å². The van der Waals surface area contributed by atoms with Crippen molar-refractivity contribution < 1.29 is 19.0 Å². The highest BCUT2D eigenvalue weighted by atomic mass is 35.5. The van der Waals surface area contributed by atoms with E-state index in [-0.39, 0.29) is 12.1 Å². The number of amides is 2. The first-order valence-electron chi connectivity index (χ1n) is 7.80. The van der Waals surface area contributed by atoms with Gasteiger partial charge in [-0.05, 0) is 18.1 Å². The number of anilines is 1. The van der Waals surface area contributed by atoms with Crippen LogP contribution in [0.15, 0.2) is 36.4 Å². The summed E-state index contributed by atoms with van der Waals surface area (Å²) in [6.45, 7) is 0.415. The lowest BCUT2D eigenvalue weighted by Crippen LogP contribution is -2.44. The third kappa shape index (κ3) is 3.91. The Hall–Kier alpha value is -2.60. The molecule has 0 radical (unpaired) electrons. The van der Waals surface area contributed by atoms with Crippen LogP contribution in [0.3, 0.4) is 0 Å².